The molecule has 2 aromatic rings. The first-order valence-corrected chi connectivity index (χ1v) is 5.47. The van der Waals surface area contributed by atoms with Crippen LogP contribution in [0.25, 0.3) is 11.4 Å². The van der Waals surface area contributed by atoms with Gasteiger partial charge in [-0.25, -0.2) is 4.98 Å². The summed E-state index contributed by atoms with van der Waals surface area (Å²) in [6.45, 7) is -0.146. The number of aromatic nitrogens is 2. The fourth-order valence-electron chi connectivity index (χ4n) is 1.55. The molecule has 0 aliphatic carbocycles. The van der Waals surface area contributed by atoms with E-state index in [1.807, 2.05) is 18.2 Å². The fraction of sp³-hybridized carbons (Fsp3) is 0.182. The molecule has 16 heavy (non-hydrogen) atoms. The molecule has 0 radical (unpaired) electrons. The highest BCUT2D eigenvalue weighted by atomic mass is 35.5. The maximum absolute atomic E-state index is 9.15. The minimum Gasteiger partial charge on any atom is -0.390 e. The summed E-state index contributed by atoms with van der Waals surface area (Å²) in [7, 11) is 1.79. The monoisotopic (exact) mass is 256 g/mol. The number of benzene rings is 1. The predicted molar refractivity (Wildman–Crippen MR) is 64.6 cm³/mol. The minimum absolute atomic E-state index is 0.146. The van der Waals surface area contributed by atoms with Crippen molar-refractivity contribution in [2.45, 2.75) is 6.61 Å². The van der Waals surface area contributed by atoms with Crippen LogP contribution < -0.4 is 0 Å². The van der Waals surface area contributed by atoms with E-state index < -0.39 is 0 Å². The molecule has 0 amide bonds. The molecular weight excluding hydrogens is 247 g/mol. The van der Waals surface area contributed by atoms with Crippen LogP contribution in [-0.4, -0.2) is 14.7 Å². The van der Waals surface area contributed by atoms with Gasteiger partial charge in [0, 0.05) is 12.6 Å². The second kappa shape index (κ2) is 4.45. The van der Waals surface area contributed by atoms with E-state index in [1.165, 1.54) is 0 Å². The van der Waals surface area contributed by atoms with Crippen molar-refractivity contribution in [3.05, 3.63) is 40.1 Å². The van der Waals surface area contributed by atoms with Crippen LogP contribution in [0.1, 0.15) is 5.69 Å². The lowest BCUT2D eigenvalue weighted by Gasteiger charge is -2.05. The van der Waals surface area contributed by atoms with Crippen molar-refractivity contribution in [3.63, 3.8) is 0 Å². The molecule has 0 aliphatic heterocycles. The summed E-state index contributed by atoms with van der Waals surface area (Å²) < 4.78 is 1.74. The van der Waals surface area contributed by atoms with Gasteiger partial charge in [-0.05, 0) is 12.1 Å². The molecule has 3 nitrogen and oxygen atoms in total. The number of nitrogens with zero attached hydrogens (tertiary/aromatic N) is 2. The Bertz CT molecular complexity index is 523. The molecule has 0 aliphatic rings. The second-order valence-electron chi connectivity index (χ2n) is 3.37. The highest BCUT2D eigenvalue weighted by Crippen LogP contribution is 2.29. The number of aliphatic hydroxyl groups excluding tert-OH is 1. The van der Waals surface area contributed by atoms with Gasteiger partial charge in [0.05, 0.1) is 17.3 Å². The Kier molecular flexibility index (Phi) is 3.19. The Morgan fingerprint density at radius 1 is 1.31 bits per heavy atom. The van der Waals surface area contributed by atoms with Crippen molar-refractivity contribution in [1.29, 1.82) is 0 Å². The molecule has 1 aromatic carbocycles. The number of rotatable bonds is 2. The van der Waals surface area contributed by atoms with Gasteiger partial charge in [-0.15, -0.1) is 0 Å². The molecule has 1 aromatic heterocycles. The topological polar surface area (TPSA) is 38.0 Å². The molecule has 2 rings (SSSR count). The molecule has 0 fully saturated rings. The van der Waals surface area contributed by atoms with Crippen LogP contribution in [-0.2, 0) is 13.7 Å². The van der Waals surface area contributed by atoms with Crippen LogP contribution in [0.2, 0.25) is 10.2 Å². The molecule has 1 N–H and O–H groups in total. The van der Waals surface area contributed by atoms with Gasteiger partial charge in [0.2, 0.25) is 0 Å². The van der Waals surface area contributed by atoms with E-state index >= 15 is 0 Å². The first kappa shape index (κ1) is 11.5. The van der Waals surface area contributed by atoms with Crippen LogP contribution in [0.15, 0.2) is 24.3 Å². The Morgan fingerprint density at radius 2 is 2.00 bits per heavy atom. The average molecular weight is 257 g/mol. The maximum Gasteiger partial charge on any atom is 0.153 e. The van der Waals surface area contributed by atoms with E-state index in [2.05, 4.69) is 4.98 Å². The molecule has 0 bridgehead atoms. The molecule has 0 spiro atoms. The zero-order valence-corrected chi connectivity index (χ0v) is 10.1. The Balaban J connectivity index is 2.62. The van der Waals surface area contributed by atoms with Crippen LogP contribution in [0.5, 0.6) is 0 Å². The van der Waals surface area contributed by atoms with Gasteiger partial charge in [-0.3, -0.25) is 0 Å². The van der Waals surface area contributed by atoms with E-state index in [0.717, 1.165) is 5.56 Å². The lowest BCUT2D eigenvalue weighted by atomic mass is 10.2. The number of hydrogen-bond donors (Lipinski definition) is 1. The van der Waals surface area contributed by atoms with Crippen molar-refractivity contribution in [2.24, 2.45) is 7.05 Å². The standard InChI is InChI=1S/C11H10Cl2N2O/c1-15-9(6-16)10(13)14-11(15)7-4-2-3-5-8(7)12/h2-5,16H,6H2,1H3. The first-order valence-electron chi connectivity index (χ1n) is 4.72. The zero-order chi connectivity index (χ0) is 11.7. The molecule has 5 heteroatoms. The summed E-state index contributed by atoms with van der Waals surface area (Å²) in [5.41, 5.74) is 1.38. The van der Waals surface area contributed by atoms with Crippen molar-refractivity contribution in [1.82, 2.24) is 9.55 Å². The van der Waals surface area contributed by atoms with E-state index in [4.69, 9.17) is 28.3 Å². The number of aliphatic hydroxyl groups is 1. The van der Waals surface area contributed by atoms with Gasteiger partial charge in [0.1, 0.15) is 5.82 Å². The third-order valence-corrected chi connectivity index (χ3v) is 3.06. The molecule has 0 unspecified atom stereocenters. The van der Waals surface area contributed by atoms with E-state index in [1.54, 1.807) is 17.7 Å². The van der Waals surface area contributed by atoms with Crippen LogP contribution in [0.3, 0.4) is 0 Å². The first-order chi connectivity index (χ1) is 7.65. The summed E-state index contributed by atoms with van der Waals surface area (Å²) in [4.78, 5) is 4.20. The number of halogens is 2. The summed E-state index contributed by atoms with van der Waals surface area (Å²) >= 11 is 12.0. The largest absolute Gasteiger partial charge is 0.390 e. The molecular formula is C11H10Cl2N2O. The van der Waals surface area contributed by atoms with Gasteiger partial charge in [-0.2, -0.15) is 0 Å². The van der Waals surface area contributed by atoms with Crippen molar-refractivity contribution >= 4 is 23.2 Å². The van der Waals surface area contributed by atoms with Crippen LogP contribution in [0, 0.1) is 0 Å². The van der Waals surface area contributed by atoms with Gasteiger partial charge < -0.3 is 9.67 Å². The molecule has 1 heterocycles. The van der Waals surface area contributed by atoms with E-state index in [0.29, 0.717) is 21.7 Å². The van der Waals surface area contributed by atoms with Crippen molar-refractivity contribution < 1.29 is 5.11 Å². The van der Waals surface area contributed by atoms with Gasteiger partial charge in [-0.1, -0.05) is 35.3 Å². The zero-order valence-electron chi connectivity index (χ0n) is 8.61. The van der Waals surface area contributed by atoms with Gasteiger partial charge in [0.15, 0.2) is 5.15 Å². The second-order valence-corrected chi connectivity index (χ2v) is 4.14. The summed E-state index contributed by atoms with van der Waals surface area (Å²) in [6.07, 6.45) is 0. The number of imidazole rings is 1. The summed E-state index contributed by atoms with van der Waals surface area (Å²) in [5, 5.41) is 10.1. The Morgan fingerprint density at radius 3 is 2.56 bits per heavy atom. The Labute approximate surface area is 103 Å². The lowest BCUT2D eigenvalue weighted by molar-refractivity contribution is 0.273. The van der Waals surface area contributed by atoms with Crippen molar-refractivity contribution in [3.8, 4) is 11.4 Å². The Hall–Kier alpha value is -1.03. The SMILES string of the molecule is Cn1c(-c2ccccc2Cl)nc(Cl)c1CO. The average Bonchev–Trinajstić information content (AvgIpc) is 2.55. The summed E-state index contributed by atoms with van der Waals surface area (Å²) in [6, 6.07) is 7.38. The quantitative estimate of drug-likeness (QED) is 0.898. The predicted octanol–water partition coefficient (Wildman–Crippen LogP) is 2.89. The molecule has 0 saturated heterocycles. The van der Waals surface area contributed by atoms with Crippen molar-refractivity contribution in [2.75, 3.05) is 0 Å². The molecule has 0 saturated carbocycles. The van der Waals surface area contributed by atoms with Crippen LogP contribution >= 0.6 is 23.2 Å². The number of hydrogen-bond acceptors (Lipinski definition) is 2. The maximum atomic E-state index is 9.15. The van der Waals surface area contributed by atoms with Gasteiger partial charge >= 0.3 is 0 Å². The lowest BCUT2D eigenvalue weighted by Crippen LogP contribution is -1.98. The summed E-state index contributed by atoms with van der Waals surface area (Å²) in [5.74, 6) is 0.652. The molecule has 84 valence electrons. The molecule has 0 atom stereocenters. The van der Waals surface area contributed by atoms with E-state index in [-0.39, 0.29) is 6.61 Å². The van der Waals surface area contributed by atoms with Gasteiger partial charge in [0.25, 0.3) is 0 Å². The highest BCUT2D eigenvalue weighted by molar-refractivity contribution is 6.33. The third-order valence-electron chi connectivity index (χ3n) is 2.43. The van der Waals surface area contributed by atoms with E-state index in [9.17, 15) is 0 Å². The minimum atomic E-state index is -0.146. The van der Waals surface area contributed by atoms with Crippen LogP contribution in [0.4, 0.5) is 0 Å². The highest BCUT2D eigenvalue weighted by Gasteiger charge is 2.15. The normalized spacial score (nSPS) is 10.8. The fourth-order valence-corrected chi connectivity index (χ4v) is 2.04. The smallest absolute Gasteiger partial charge is 0.153 e. The third kappa shape index (κ3) is 1.82.